The van der Waals surface area contributed by atoms with Crippen molar-refractivity contribution >= 4 is 11.7 Å². The van der Waals surface area contributed by atoms with Crippen molar-refractivity contribution in [1.82, 2.24) is 14.8 Å². The molecule has 0 aliphatic heterocycles. The van der Waals surface area contributed by atoms with Crippen LogP contribution in [0.3, 0.4) is 0 Å². The molecule has 0 fully saturated rings. The molecule has 0 aromatic carbocycles. The van der Waals surface area contributed by atoms with Gasteiger partial charge in [-0.1, -0.05) is 24.2 Å². The molecule has 0 aliphatic rings. The van der Waals surface area contributed by atoms with Crippen molar-refractivity contribution in [2.24, 2.45) is 22.0 Å². The summed E-state index contributed by atoms with van der Waals surface area (Å²) < 4.78 is 1.36. The lowest BCUT2D eigenvalue weighted by molar-refractivity contribution is 0.0852. The van der Waals surface area contributed by atoms with Crippen LogP contribution in [0.1, 0.15) is 27.7 Å². The smallest absolute Gasteiger partial charge is 0.240 e. The molecule has 1 heterocycles. The first-order chi connectivity index (χ1) is 9.00. The van der Waals surface area contributed by atoms with Gasteiger partial charge in [-0.3, -0.25) is 0 Å². The lowest BCUT2D eigenvalue weighted by Gasteiger charge is -2.08. The van der Waals surface area contributed by atoms with E-state index in [1.165, 1.54) is 17.3 Å². The van der Waals surface area contributed by atoms with Crippen LogP contribution in [0.25, 0.3) is 0 Å². The summed E-state index contributed by atoms with van der Waals surface area (Å²) in [6.45, 7) is 8.20. The fourth-order valence-corrected chi connectivity index (χ4v) is 0.976. The number of aromatic nitrogens is 3. The van der Waals surface area contributed by atoms with Crippen molar-refractivity contribution in [3.63, 3.8) is 0 Å². The molecule has 1 aromatic heterocycles. The second-order valence-electron chi connectivity index (χ2n) is 4.58. The highest BCUT2D eigenvalue weighted by molar-refractivity contribution is 6.39. The molecule has 1 aromatic rings. The molecule has 0 saturated heterocycles. The predicted molar refractivity (Wildman–Crippen MR) is 71.5 cm³/mol. The van der Waals surface area contributed by atoms with Crippen LogP contribution in [0.5, 0.6) is 0 Å². The maximum Gasteiger partial charge on any atom is 0.240 e. The highest BCUT2D eigenvalue weighted by Crippen LogP contribution is 1.96. The normalized spacial score (nSPS) is 13.2. The van der Waals surface area contributed by atoms with E-state index < -0.39 is 0 Å². The third-order valence-electron chi connectivity index (χ3n) is 1.79. The Labute approximate surface area is 112 Å². The van der Waals surface area contributed by atoms with E-state index in [0.29, 0.717) is 12.5 Å². The second kappa shape index (κ2) is 7.34. The highest BCUT2D eigenvalue weighted by Gasteiger charge is 2.11. The quantitative estimate of drug-likeness (QED) is 0.484. The van der Waals surface area contributed by atoms with Gasteiger partial charge in [-0.2, -0.15) is 9.78 Å². The van der Waals surface area contributed by atoms with E-state index in [4.69, 9.17) is 15.4 Å². The van der Waals surface area contributed by atoms with Crippen LogP contribution >= 0.6 is 0 Å². The number of hydrogen-bond acceptors (Lipinski definition) is 6. The Kier molecular flexibility index (Phi) is 5.77. The summed E-state index contributed by atoms with van der Waals surface area (Å²) in [5, 5.41) is 11.6. The van der Waals surface area contributed by atoms with Gasteiger partial charge in [0.05, 0.1) is 0 Å². The third kappa shape index (κ3) is 5.36. The average molecular weight is 268 g/mol. The Bertz CT molecular complexity index is 424. The first kappa shape index (κ1) is 14.9. The molecule has 0 spiro atoms. The van der Waals surface area contributed by atoms with E-state index in [-0.39, 0.29) is 17.8 Å². The molecule has 1 rings (SSSR count). The van der Waals surface area contributed by atoms with Gasteiger partial charge in [0.2, 0.25) is 11.7 Å². The van der Waals surface area contributed by atoms with E-state index in [9.17, 15) is 0 Å². The zero-order valence-electron chi connectivity index (χ0n) is 11.6. The molecule has 0 atom stereocenters. The summed E-state index contributed by atoms with van der Waals surface area (Å²) in [4.78, 5) is 14.1. The second-order valence-corrected chi connectivity index (χ2v) is 4.58. The van der Waals surface area contributed by atoms with Gasteiger partial charge in [0.15, 0.2) is 0 Å². The van der Waals surface area contributed by atoms with Crippen LogP contribution < -0.4 is 5.73 Å². The van der Waals surface area contributed by atoms with Gasteiger partial charge in [-0.15, -0.1) is 0 Å². The van der Waals surface area contributed by atoms with Crippen LogP contribution in [0.15, 0.2) is 23.0 Å². The fourth-order valence-electron chi connectivity index (χ4n) is 0.976. The highest BCUT2D eigenvalue weighted by atomic mass is 16.6. The van der Waals surface area contributed by atoms with Crippen molar-refractivity contribution in [1.29, 1.82) is 0 Å². The van der Waals surface area contributed by atoms with Gasteiger partial charge in [-0.25, -0.2) is 4.98 Å². The van der Waals surface area contributed by atoms with E-state index in [1.807, 2.05) is 27.7 Å². The lowest BCUT2D eigenvalue weighted by atomic mass is 10.2. The monoisotopic (exact) mass is 268 g/mol. The Hall–Kier alpha value is -2.12. The van der Waals surface area contributed by atoms with Crippen molar-refractivity contribution < 1.29 is 9.68 Å². The van der Waals surface area contributed by atoms with E-state index in [1.54, 1.807) is 0 Å². The van der Waals surface area contributed by atoms with Gasteiger partial charge in [-0.05, 0) is 19.8 Å². The third-order valence-corrected chi connectivity index (χ3v) is 1.79. The standard InChI is InChI=1S/C11H20N6O2/c1-8(2)5-18-15-10(12)11(16-19-9(3)4)17-7-13-6-14-17/h6-9H,5H2,1-4H3,(H2,12,15). The van der Waals surface area contributed by atoms with Gasteiger partial charge in [0.1, 0.15) is 25.4 Å². The Morgan fingerprint density at radius 1 is 1.32 bits per heavy atom. The summed E-state index contributed by atoms with van der Waals surface area (Å²) in [6, 6.07) is 0. The van der Waals surface area contributed by atoms with Crippen LogP contribution in [0, 0.1) is 5.92 Å². The number of hydrogen-bond donors (Lipinski definition) is 1. The van der Waals surface area contributed by atoms with Gasteiger partial charge < -0.3 is 15.4 Å². The Morgan fingerprint density at radius 3 is 2.58 bits per heavy atom. The summed E-state index contributed by atoms with van der Waals surface area (Å²) in [6.07, 6.45) is 2.74. The lowest BCUT2D eigenvalue weighted by Crippen LogP contribution is -2.31. The van der Waals surface area contributed by atoms with Crippen LogP contribution in [-0.4, -0.2) is 39.1 Å². The number of amidine groups is 1. The summed E-state index contributed by atoms with van der Waals surface area (Å²) in [5.41, 5.74) is 5.81. The van der Waals surface area contributed by atoms with Crippen molar-refractivity contribution in [3.05, 3.63) is 12.7 Å². The van der Waals surface area contributed by atoms with E-state index in [0.717, 1.165) is 0 Å². The minimum atomic E-state index is -0.0806. The largest absolute Gasteiger partial charge is 0.394 e. The molecule has 2 N–H and O–H groups in total. The van der Waals surface area contributed by atoms with Crippen molar-refractivity contribution in [3.8, 4) is 0 Å². The van der Waals surface area contributed by atoms with Crippen LogP contribution in [-0.2, 0) is 9.68 Å². The Balaban J connectivity index is 2.82. The molecule has 0 unspecified atom stereocenters. The topological polar surface area (TPSA) is 99.9 Å². The van der Waals surface area contributed by atoms with Crippen molar-refractivity contribution in [2.75, 3.05) is 6.61 Å². The van der Waals surface area contributed by atoms with E-state index >= 15 is 0 Å². The maximum atomic E-state index is 5.81. The minimum absolute atomic E-state index is 0.0757. The first-order valence-corrected chi connectivity index (χ1v) is 6.05. The van der Waals surface area contributed by atoms with Gasteiger partial charge in [0, 0.05) is 0 Å². The minimum Gasteiger partial charge on any atom is -0.394 e. The molecular formula is C11H20N6O2. The molecule has 8 heteroatoms. The predicted octanol–water partition coefficient (Wildman–Crippen LogP) is 0.809. The summed E-state index contributed by atoms with van der Waals surface area (Å²) in [5.74, 6) is 0.664. The molecule has 0 saturated carbocycles. The number of nitrogens with zero attached hydrogens (tertiary/aromatic N) is 5. The molecule has 8 nitrogen and oxygen atoms in total. The van der Waals surface area contributed by atoms with Gasteiger partial charge >= 0.3 is 0 Å². The number of rotatable bonds is 5. The van der Waals surface area contributed by atoms with Gasteiger partial charge in [0.25, 0.3) is 0 Å². The molecule has 19 heavy (non-hydrogen) atoms. The zero-order valence-corrected chi connectivity index (χ0v) is 11.6. The van der Waals surface area contributed by atoms with Crippen LogP contribution in [0.2, 0.25) is 0 Å². The van der Waals surface area contributed by atoms with Crippen LogP contribution in [0.4, 0.5) is 0 Å². The SMILES string of the molecule is CC(C)CON=C(N)C(=NOC(C)C)n1cncn1. The molecule has 0 aliphatic carbocycles. The fraction of sp³-hybridized carbons (Fsp3) is 0.636. The molecule has 0 bridgehead atoms. The summed E-state index contributed by atoms with van der Waals surface area (Å²) >= 11 is 0. The molecule has 0 radical (unpaired) electrons. The molecule has 106 valence electrons. The zero-order chi connectivity index (χ0) is 14.3. The Morgan fingerprint density at radius 2 is 2.05 bits per heavy atom. The maximum absolute atomic E-state index is 5.81. The number of nitrogens with two attached hydrogens (primary N) is 1. The molecule has 0 amide bonds. The average Bonchev–Trinajstić information content (AvgIpc) is 2.82. The summed E-state index contributed by atoms with van der Waals surface area (Å²) in [7, 11) is 0. The first-order valence-electron chi connectivity index (χ1n) is 6.05. The van der Waals surface area contributed by atoms with E-state index in [2.05, 4.69) is 20.4 Å². The number of oxime groups is 2. The molecular weight excluding hydrogens is 248 g/mol. The van der Waals surface area contributed by atoms with Crippen molar-refractivity contribution in [2.45, 2.75) is 33.8 Å².